The number of tetrazole rings is 1. The van der Waals surface area contributed by atoms with Crippen LogP contribution in [0.4, 0.5) is 5.69 Å². The molecule has 146 valence electrons. The number of rotatable bonds is 4. The van der Waals surface area contributed by atoms with Crippen molar-refractivity contribution in [1.29, 1.82) is 0 Å². The molecule has 0 amide bonds. The monoisotopic (exact) mass is 400 g/mol. The van der Waals surface area contributed by atoms with Gasteiger partial charge in [0.2, 0.25) is 0 Å². The van der Waals surface area contributed by atoms with Crippen molar-refractivity contribution in [2.24, 2.45) is 0 Å². The Bertz CT molecular complexity index is 1320. The van der Waals surface area contributed by atoms with Crippen LogP contribution >= 0.6 is 0 Å². The Morgan fingerprint density at radius 3 is 1.94 bits per heavy atom. The fourth-order valence-corrected chi connectivity index (χ4v) is 3.72. The molecule has 0 aliphatic rings. The fraction of sp³-hybridized carbons (Fsp3) is 0. The molecule has 4 aromatic carbocycles. The lowest BCUT2D eigenvalue weighted by Crippen LogP contribution is -2.41. The van der Waals surface area contributed by atoms with Gasteiger partial charge in [0.05, 0.1) is 6.57 Å². The Balaban J connectivity index is 1.80. The molecule has 0 aliphatic heterocycles. The topological polar surface area (TPSA) is 39.0 Å². The van der Waals surface area contributed by atoms with Crippen LogP contribution in [-0.4, -0.2) is 15.1 Å². The van der Waals surface area contributed by atoms with E-state index >= 15 is 0 Å². The Kier molecular flexibility index (Phi) is 4.80. The van der Waals surface area contributed by atoms with E-state index in [9.17, 15) is 0 Å². The highest BCUT2D eigenvalue weighted by molar-refractivity contribution is 5.82. The minimum absolute atomic E-state index is 0.555. The van der Waals surface area contributed by atoms with Gasteiger partial charge in [0.15, 0.2) is 10.9 Å². The van der Waals surface area contributed by atoms with Gasteiger partial charge in [0.25, 0.3) is 6.33 Å². The Hall–Kier alpha value is -4.56. The number of hydrogen-bond acceptors (Lipinski definition) is 2. The average molecular weight is 400 g/mol. The van der Waals surface area contributed by atoms with Crippen molar-refractivity contribution in [2.75, 3.05) is 0 Å². The molecule has 0 spiro atoms. The Labute approximate surface area is 180 Å². The highest BCUT2D eigenvalue weighted by Crippen LogP contribution is 2.32. The van der Waals surface area contributed by atoms with E-state index < -0.39 is 0 Å². The van der Waals surface area contributed by atoms with Gasteiger partial charge in [-0.15, -0.1) is 4.68 Å². The molecule has 0 bridgehead atoms. The quantitative estimate of drug-likeness (QED) is 0.298. The first-order chi connectivity index (χ1) is 15.3. The standard InChI is InChI=1S/C26H18N5/c1-27-22-14-8-15-23(18-22)31-29-28-19-30(31)26-24(20-10-4-2-5-11-20)16-9-17-25(26)21-12-6-3-7-13-21/h2-19H/q+1. The van der Waals surface area contributed by atoms with E-state index in [1.54, 1.807) is 17.2 Å². The van der Waals surface area contributed by atoms with Crippen LogP contribution in [0, 0.1) is 6.57 Å². The molecule has 0 saturated carbocycles. The van der Waals surface area contributed by atoms with Crippen molar-refractivity contribution >= 4 is 5.69 Å². The minimum atomic E-state index is 0.555. The van der Waals surface area contributed by atoms with Crippen LogP contribution in [0.5, 0.6) is 0 Å². The van der Waals surface area contributed by atoms with E-state index in [-0.39, 0.29) is 0 Å². The molecule has 5 nitrogen and oxygen atoms in total. The zero-order valence-electron chi connectivity index (χ0n) is 16.6. The first-order valence-corrected chi connectivity index (χ1v) is 9.90. The lowest BCUT2D eigenvalue weighted by atomic mass is 9.96. The van der Waals surface area contributed by atoms with Gasteiger partial charge in [0, 0.05) is 11.1 Å². The van der Waals surface area contributed by atoms with Gasteiger partial charge >= 0.3 is 0 Å². The molecular formula is C26H18N5+. The zero-order chi connectivity index (χ0) is 21.0. The summed E-state index contributed by atoms with van der Waals surface area (Å²) in [7, 11) is 0. The zero-order valence-corrected chi connectivity index (χ0v) is 16.6. The summed E-state index contributed by atoms with van der Waals surface area (Å²) in [4.78, 5) is 5.28. The number of hydrogen-bond donors (Lipinski definition) is 0. The highest BCUT2D eigenvalue weighted by atomic mass is 15.6. The number of nitrogens with zero attached hydrogens (tertiary/aromatic N) is 5. The molecule has 0 atom stereocenters. The second-order valence-corrected chi connectivity index (χ2v) is 7.02. The van der Waals surface area contributed by atoms with E-state index in [0.717, 1.165) is 33.6 Å². The smallest absolute Gasteiger partial charge is 0.238 e. The summed E-state index contributed by atoms with van der Waals surface area (Å²) in [5.74, 6) is 0. The first kappa shape index (κ1) is 18.5. The maximum atomic E-state index is 7.35. The molecule has 0 unspecified atom stereocenters. The average Bonchev–Trinajstić information content (AvgIpc) is 3.34. The molecule has 0 radical (unpaired) electrons. The molecule has 0 saturated heterocycles. The summed E-state index contributed by atoms with van der Waals surface area (Å²) in [6, 6.07) is 34.2. The predicted octanol–water partition coefficient (Wildman–Crippen LogP) is 5.43. The summed E-state index contributed by atoms with van der Waals surface area (Å²) in [5.41, 5.74) is 6.63. The molecule has 0 aliphatic carbocycles. The van der Waals surface area contributed by atoms with Gasteiger partial charge in [-0.2, -0.15) is 0 Å². The molecular weight excluding hydrogens is 382 g/mol. The number of para-hydroxylation sites is 1. The van der Waals surface area contributed by atoms with Gasteiger partial charge in [0.1, 0.15) is 16.5 Å². The normalized spacial score (nSPS) is 10.5. The fourth-order valence-electron chi connectivity index (χ4n) is 3.72. The van der Waals surface area contributed by atoms with E-state index in [2.05, 4.69) is 57.6 Å². The lowest BCUT2D eigenvalue weighted by molar-refractivity contribution is -0.679. The third kappa shape index (κ3) is 3.47. The Morgan fingerprint density at radius 2 is 1.32 bits per heavy atom. The van der Waals surface area contributed by atoms with Crippen molar-refractivity contribution in [3.63, 3.8) is 0 Å². The van der Waals surface area contributed by atoms with Crippen LogP contribution in [0.2, 0.25) is 0 Å². The van der Waals surface area contributed by atoms with Gasteiger partial charge in [-0.1, -0.05) is 91.0 Å². The van der Waals surface area contributed by atoms with Gasteiger partial charge in [-0.05, 0) is 28.1 Å². The molecule has 5 heteroatoms. The molecule has 1 heterocycles. The molecule has 0 fully saturated rings. The van der Waals surface area contributed by atoms with Crippen molar-refractivity contribution < 1.29 is 4.68 Å². The summed E-state index contributed by atoms with van der Waals surface area (Å²) in [6.45, 7) is 7.35. The van der Waals surface area contributed by atoms with Gasteiger partial charge in [-0.3, -0.25) is 0 Å². The van der Waals surface area contributed by atoms with E-state index in [1.807, 2.05) is 59.3 Å². The van der Waals surface area contributed by atoms with Crippen molar-refractivity contribution in [3.8, 4) is 33.6 Å². The first-order valence-electron chi connectivity index (χ1n) is 9.90. The van der Waals surface area contributed by atoms with E-state index in [1.165, 1.54) is 0 Å². The largest absolute Gasteiger partial charge is 0.294 e. The van der Waals surface area contributed by atoms with Crippen LogP contribution < -0.4 is 4.68 Å². The summed E-state index contributed by atoms with van der Waals surface area (Å²) >= 11 is 0. The highest BCUT2D eigenvalue weighted by Gasteiger charge is 2.22. The second kappa shape index (κ2) is 8.05. The van der Waals surface area contributed by atoms with Crippen molar-refractivity contribution in [3.05, 3.63) is 121 Å². The third-order valence-corrected chi connectivity index (χ3v) is 5.13. The van der Waals surface area contributed by atoms with Gasteiger partial charge in [-0.25, -0.2) is 4.85 Å². The maximum absolute atomic E-state index is 7.35. The van der Waals surface area contributed by atoms with Crippen molar-refractivity contribution in [1.82, 2.24) is 15.1 Å². The Morgan fingerprint density at radius 1 is 0.710 bits per heavy atom. The summed E-state index contributed by atoms with van der Waals surface area (Å²) in [6.07, 6.45) is 1.71. The van der Waals surface area contributed by atoms with Crippen LogP contribution in [0.25, 0.3) is 38.5 Å². The number of aromatic nitrogens is 4. The van der Waals surface area contributed by atoms with Crippen LogP contribution in [0.15, 0.2) is 109 Å². The molecule has 1 aromatic heterocycles. The molecule has 31 heavy (non-hydrogen) atoms. The molecule has 5 rings (SSSR count). The summed E-state index contributed by atoms with van der Waals surface area (Å²) in [5, 5.41) is 8.53. The summed E-state index contributed by atoms with van der Waals surface area (Å²) < 4.78 is 1.94. The minimum Gasteiger partial charge on any atom is -0.238 e. The van der Waals surface area contributed by atoms with Crippen LogP contribution in [0.1, 0.15) is 0 Å². The maximum Gasteiger partial charge on any atom is 0.294 e. The number of benzene rings is 4. The van der Waals surface area contributed by atoms with E-state index in [0.29, 0.717) is 5.69 Å². The molecule has 0 N–H and O–H groups in total. The van der Waals surface area contributed by atoms with Crippen LogP contribution in [-0.2, 0) is 0 Å². The SMILES string of the molecule is [C-]#[N+]c1cccc(-n2nnc[n+]2-c2c(-c3ccccc3)cccc2-c2ccccc2)c1. The van der Waals surface area contributed by atoms with E-state index in [4.69, 9.17) is 6.57 Å². The van der Waals surface area contributed by atoms with Crippen molar-refractivity contribution in [2.45, 2.75) is 0 Å². The molecule has 5 aromatic rings. The second-order valence-electron chi connectivity index (χ2n) is 7.02. The van der Waals surface area contributed by atoms with Gasteiger partial charge < -0.3 is 0 Å². The van der Waals surface area contributed by atoms with Crippen LogP contribution in [0.3, 0.4) is 0 Å². The third-order valence-electron chi connectivity index (χ3n) is 5.13. The lowest BCUT2D eigenvalue weighted by Gasteiger charge is -2.14. The predicted molar refractivity (Wildman–Crippen MR) is 120 cm³/mol.